The molecule has 1 fully saturated rings. The van der Waals surface area contributed by atoms with E-state index >= 15 is 0 Å². The SMILES string of the molecule is CCCCCCCCC(=O)N1CCN(Cc2cc(=O)n3ccsc3n2)CC1. The van der Waals surface area contributed by atoms with Gasteiger partial charge in [-0.1, -0.05) is 39.0 Å². The van der Waals surface area contributed by atoms with Crippen LogP contribution in [0.2, 0.25) is 0 Å². The second-order valence-corrected chi connectivity index (χ2v) is 8.19. The molecule has 1 saturated heterocycles. The van der Waals surface area contributed by atoms with Crippen molar-refractivity contribution in [3.63, 3.8) is 0 Å². The Balaban J connectivity index is 1.40. The largest absolute Gasteiger partial charge is 0.340 e. The van der Waals surface area contributed by atoms with Gasteiger partial charge in [0.05, 0.1) is 5.69 Å². The number of hydrogen-bond donors (Lipinski definition) is 0. The Hall–Kier alpha value is -1.73. The van der Waals surface area contributed by atoms with Crippen LogP contribution in [0, 0.1) is 0 Å². The fourth-order valence-electron chi connectivity index (χ4n) is 3.57. The molecule has 0 aromatic carbocycles. The normalized spacial score (nSPS) is 15.5. The third-order valence-electron chi connectivity index (χ3n) is 5.21. The van der Waals surface area contributed by atoms with Crippen LogP contribution in [0.4, 0.5) is 0 Å². The Bertz CT molecular complexity index is 793. The number of hydrogen-bond acceptors (Lipinski definition) is 5. The standard InChI is InChI=1S/C20H30N4O2S/c1-2-3-4-5-6-7-8-18(25)23-11-9-22(10-12-23)16-17-15-19(26)24-13-14-27-20(24)21-17/h13-15H,2-12,16H2,1H3. The van der Waals surface area contributed by atoms with Crippen molar-refractivity contribution in [2.75, 3.05) is 26.2 Å². The van der Waals surface area contributed by atoms with Crippen LogP contribution in [0.25, 0.3) is 4.96 Å². The molecule has 0 saturated carbocycles. The molecule has 0 N–H and O–H groups in total. The first-order valence-corrected chi connectivity index (χ1v) is 11.0. The lowest BCUT2D eigenvalue weighted by Gasteiger charge is -2.34. The minimum absolute atomic E-state index is 0.0241. The maximum absolute atomic E-state index is 12.4. The number of nitrogens with zero attached hydrogens (tertiary/aromatic N) is 4. The summed E-state index contributed by atoms with van der Waals surface area (Å²) in [7, 11) is 0. The molecule has 2 aromatic rings. The molecule has 1 aliphatic rings. The number of carbonyl (C=O) groups is 1. The highest BCUT2D eigenvalue weighted by atomic mass is 32.1. The number of rotatable bonds is 9. The van der Waals surface area contributed by atoms with Crippen LogP contribution >= 0.6 is 11.3 Å². The molecule has 3 heterocycles. The van der Waals surface area contributed by atoms with Crippen LogP contribution in [0.1, 0.15) is 57.6 Å². The van der Waals surface area contributed by atoms with E-state index in [0.717, 1.165) is 49.7 Å². The van der Waals surface area contributed by atoms with Gasteiger partial charge in [-0.3, -0.25) is 18.9 Å². The number of unbranched alkanes of at least 4 members (excludes halogenated alkanes) is 5. The van der Waals surface area contributed by atoms with Crippen LogP contribution in [-0.2, 0) is 11.3 Å². The van der Waals surface area contributed by atoms with E-state index in [2.05, 4.69) is 16.8 Å². The molecule has 7 heteroatoms. The maximum atomic E-state index is 12.4. The van der Waals surface area contributed by atoms with Crippen molar-refractivity contribution in [2.45, 2.75) is 58.4 Å². The van der Waals surface area contributed by atoms with Crippen molar-refractivity contribution in [1.82, 2.24) is 19.2 Å². The molecule has 3 rings (SSSR count). The zero-order valence-electron chi connectivity index (χ0n) is 16.2. The topological polar surface area (TPSA) is 57.9 Å². The van der Waals surface area contributed by atoms with E-state index in [1.165, 1.54) is 37.0 Å². The van der Waals surface area contributed by atoms with Crippen LogP contribution in [0.3, 0.4) is 0 Å². The number of piperazine rings is 1. The van der Waals surface area contributed by atoms with E-state index in [-0.39, 0.29) is 5.56 Å². The van der Waals surface area contributed by atoms with Crippen molar-refractivity contribution >= 4 is 22.2 Å². The molecule has 148 valence electrons. The van der Waals surface area contributed by atoms with Crippen LogP contribution in [0.5, 0.6) is 0 Å². The molecule has 1 aliphatic heterocycles. The minimum atomic E-state index is -0.0241. The molecule has 0 radical (unpaired) electrons. The van der Waals surface area contributed by atoms with Gasteiger partial charge in [0.15, 0.2) is 4.96 Å². The van der Waals surface area contributed by atoms with E-state index in [4.69, 9.17) is 0 Å². The van der Waals surface area contributed by atoms with Crippen molar-refractivity contribution in [3.8, 4) is 0 Å². The molecular formula is C20H30N4O2S. The molecule has 0 atom stereocenters. The number of fused-ring (bicyclic) bond motifs is 1. The summed E-state index contributed by atoms with van der Waals surface area (Å²) in [5.41, 5.74) is 0.790. The highest BCUT2D eigenvalue weighted by Crippen LogP contribution is 2.12. The molecule has 0 unspecified atom stereocenters. The van der Waals surface area contributed by atoms with Crippen LogP contribution < -0.4 is 5.56 Å². The van der Waals surface area contributed by atoms with Gasteiger partial charge in [0.2, 0.25) is 5.91 Å². The molecule has 27 heavy (non-hydrogen) atoms. The van der Waals surface area contributed by atoms with Crippen LogP contribution in [0.15, 0.2) is 22.4 Å². The van der Waals surface area contributed by atoms with Gasteiger partial charge in [0.1, 0.15) is 0 Å². The van der Waals surface area contributed by atoms with Gasteiger partial charge in [-0.2, -0.15) is 0 Å². The molecule has 0 aliphatic carbocycles. The molecule has 0 bridgehead atoms. The summed E-state index contributed by atoms with van der Waals surface area (Å²) >= 11 is 1.48. The first-order chi connectivity index (χ1) is 13.2. The van der Waals surface area contributed by atoms with Gasteiger partial charge in [0.25, 0.3) is 5.56 Å². The third-order valence-corrected chi connectivity index (χ3v) is 5.97. The number of aromatic nitrogens is 2. The summed E-state index contributed by atoms with van der Waals surface area (Å²) in [6, 6.07) is 1.62. The summed E-state index contributed by atoms with van der Waals surface area (Å²) < 4.78 is 1.58. The lowest BCUT2D eigenvalue weighted by molar-refractivity contribution is -0.133. The lowest BCUT2D eigenvalue weighted by atomic mass is 10.1. The number of amides is 1. The highest BCUT2D eigenvalue weighted by molar-refractivity contribution is 7.15. The summed E-state index contributed by atoms with van der Waals surface area (Å²) in [6.07, 6.45) is 9.71. The van der Waals surface area contributed by atoms with Gasteiger partial charge < -0.3 is 4.90 Å². The molecule has 6 nitrogen and oxygen atoms in total. The predicted molar refractivity (Wildman–Crippen MR) is 109 cm³/mol. The van der Waals surface area contributed by atoms with E-state index in [1.807, 2.05) is 10.3 Å². The Morgan fingerprint density at radius 3 is 2.63 bits per heavy atom. The van der Waals surface area contributed by atoms with E-state index in [1.54, 1.807) is 16.7 Å². The summed E-state index contributed by atoms with van der Waals surface area (Å²) in [6.45, 7) is 6.12. The first kappa shape index (κ1) is 20.0. The number of carbonyl (C=O) groups excluding carboxylic acids is 1. The van der Waals surface area contributed by atoms with Crippen molar-refractivity contribution in [1.29, 1.82) is 0 Å². The summed E-state index contributed by atoms with van der Waals surface area (Å²) in [5, 5.41) is 1.88. The molecule has 0 spiro atoms. The Kier molecular flexibility index (Phi) is 7.41. The minimum Gasteiger partial charge on any atom is -0.340 e. The summed E-state index contributed by atoms with van der Waals surface area (Å²) in [4.78, 5) is 34.0. The smallest absolute Gasteiger partial charge is 0.258 e. The molecule has 2 aromatic heterocycles. The van der Waals surface area contributed by atoms with E-state index in [9.17, 15) is 9.59 Å². The Morgan fingerprint density at radius 2 is 1.85 bits per heavy atom. The highest BCUT2D eigenvalue weighted by Gasteiger charge is 2.21. The average Bonchev–Trinajstić information content (AvgIpc) is 3.14. The Labute approximate surface area is 164 Å². The zero-order chi connectivity index (χ0) is 19.1. The third kappa shape index (κ3) is 5.62. The maximum Gasteiger partial charge on any atom is 0.258 e. The fraction of sp³-hybridized carbons (Fsp3) is 0.650. The number of thiazole rings is 1. The van der Waals surface area contributed by atoms with Crippen LogP contribution in [-0.4, -0.2) is 51.3 Å². The van der Waals surface area contributed by atoms with Crippen molar-refractivity contribution < 1.29 is 4.79 Å². The van der Waals surface area contributed by atoms with E-state index in [0.29, 0.717) is 18.9 Å². The predicted octanol–water partition coefficient (Wildman–Crippen LogP) is 3.15. The van der Waals surface area contributed by atoms with Gasteiger partial charge >= 0.3 is 0 Å². The van der Waals surface area contributed by atoms with Gasteiger partial charge in [0, 0.05) is 56.8 Å². The second-order valence-electron chi connectivity index (χ2n) is 7.32. The Morgan fingerprint density at radius 1 is 1.11 bits per heavy atom. The first-order valence-electron chi connectivity index (χ1n) is 10.1. The van der Waals surface area contributed by atoms with Crippen molar-refractivity contribution in [3.05, 3.63) is 33.7 Å². The quantitative estimate of drug-likeness (QED) is 0.617. The molecular weight excluding hydrogens is 360 g/mol. The summed E-state index contributed by atoms with van der Waals surface area (Å²) in [5.74, 6) is 0.293. The van der Waals surface area contributed by atoms with E-state index < -0.39 is 0 Å². The van der Waals surface area contributed by atoms with Crippen molar-refractivity contribution in [2.24, 2.45) is 0 Å². The molecule has 1 amide bonds. The fourth-order valence-corrected chi connectivity index (χ4v) is 4.31. The average molecular weight is 391 g/mol. The van der Waals surface area contributed by atoms with Gasteiger partial charge in [-0.05, 0) is 6.42 Å². The van der Waals surface area contributed by atoms with Gasteiger partial charge in [-0.15, -0.1) is 11.3 Å². The second kappa shape index (κ2) is 9.99. The zero-order valence-corrected chi connectivity index (χ0v) is 17.0. The van der Waals surface area contributed by atoms with Gasteiger partial charge in [-0.25, -0.2) is 4.98 Å². The lowest BCUT2D eigenvalue weighted by Crippen LogP contribution is -2.48. The monoisotopic (exact) mass is 390 g/mol.